The Hall–Kier alpha value is -1.26. The number of nitrogens with one attached hydrogen (secondary N) is 2. The molecule has 172 valence electrons. The Bertz CT molecular complexity index is 624. The average molecular weight is 534 g/mol. The Balaban J connectivity index is 0.00000450. The van der Waals surface area contributed by atoms with Crippen LogP contribution in [0.1, 0.15) is 27.7 Å². The Morgan fingerprint density at radius 1 is 1.13 bits per heavy atom. The van der Waals surface area contributed by atoms with Crippen molar-refractivity contribution in [1.29, 1.82) is 0 Å². The molecule has 0 aliphatic carbocycles. The summed E-state index contributed by atoms with van der Waals surface area (Å²) in [4.78, 5) is 7.35. The number of hydrogen-bond donors (Lipinski definition) is 2. The van der Waals surface area contributed by atoms with Gasteiger partial charge in [0.2, 0.25) is 0 Å². The van der Waals surface area contributed by atoms with E-state index in [2.05, 4.69) is 36.3 Å². The van der Waals surface area contributed by atoms with Gasteiger partial charge in [0, 0.05) is 25.7 Å². The summed E-state index contributed by atoms with van der Waals surface area (Å²) in [6.45, 7) is 14.4. The highest BCUT2D eigenvalue weighted by molar-refractivity contribution is 14.0. The van der Waals surface area contributed by atoms with Gasteiger partial charge in [-0.05, 0) is 31.9 Å². The number of aliphatic imine (C=N–C) groups is 1. The van der Waals surface area contributed by atoms with Crippen molar-refractivity contribution >= 4 is 29.9 Å². The van der Waals surface area contributed by atoms with E-state index in [-0.39, 0.29) is 30.1 Å². The fraction of sp³-hybridized carbons (Fsp3) is 0.682. The van der Waals surface area contributed by atoms with Crippen molar-refractivity contribution < 1.29 is 14.2 Å². The van der Waals surface area contributed by atoms with Crippen LogP contribution in [0, 0.1) is 5.92 Å². The summed E-state index contributed by atoms with van der Waals surface area (Å²) >= 11 is 0. The molecule has 2 unspecified atom stereocenters. The van der Waals surface area contributed by atoms with E-state index in [1.54, 1.807) is 7.11 Å². The molecular weight excluding hydrogens is 495 g/mol. The lowest BCUT2D eigenvalue weighted by atomic mass is 10.0. The molecule has 0 amide bonds. The number of guanidine groups is 1. The van der Waals surface area contributed by atoms with Crippen LogP contribution in [-0.2, 0) is 4.74 Å². The van der Waals surface area contributed by atoms with Gasteiger partial charge < -0.3 is 24.8 Å². The zero-order valence-electron chi connectivity index (χ0n) is 19.0. The van der Waals surface area contributed by atoms with Crippen molar-refractivity contribution in [2.45, 2.75) is 39.8 Å². The molecule has 0 aromatic heterocycles. The summed E-state index contributed by atoms with van der Waals surface area (Å²) in [5, 5.41) is 6.74. The fourth-order valence-electron chi connectivity index (χ4n) is 3.40. The normalized spacial score (nSPS) is 17.1. The van der Waals surface area contributed by atoms with Crippen molar-refractivity contribution in [1.82, 2.24) is 15.5 Å². The Morgan fingerprint density at radius 3 is 2.40 bits per heavy atom. The molecule has 2 atom stereocenters. The minimum absolute atomic E-state index is 0. The summed E-state index contributed by atoms with van der Waals surface area (Å²) in [6.07, 6.45) is -0.0321. The summed E-state index contributed by atoms with van der Waals surface area (Å²) in [6, 6.07) is 8.12. The second kappa shape index (κ2) is 14.7. The molecule has 30 heavy (non-hydrogen) atoms. The van der Waals surface area contributed by atoms with Gasteiger partial charge in [0.25, 0.3) is 0 Å². The summed E-state index contributed by atoms with van der Waals surface area (Å²) in [5.41, 5.74) is 0. The number of methoxy groups -OCH3 is 1. The smallest absolute Gasteiger partial charge is 0.191 e. The van der Waals surface area contributed by atoms with E-state index in [1.165, 1.54) is 0 Å². The molecule has 2 rings (SSSR count). The first-order valence-electron chi connectivity index (χ1n) is 10.7. The van der Waals surface area contributed by atoms with Crippen molar-refractivity contribution in [3.05, 3.63) is 24.3 Å². The van der Waals surface area contributed by atoms with Gasteiger partial charge in [0.15, 0.2) is 17.5 Å². The van der Waals surface area contributed by atoms with Gasteiger partial charge >= 0.3 is 0 Å². The van der Waals surface area contributed by atoms with Crippen LogP contribution in [0.25, 0.3) is 0 Å². The van der Waals surface area contributed by atoms with Gasteiger partial charge in [0.05, 0.1) is 33.4 Å². The lowest BCUT2D eigenvalue weighted by Gasteiger charge is -2.36. The number of para-hydroxylation sites is 2. The summed E-state index contributed by atoms with van der Waals surface area (Å²) in [5.74, 6) is 2.85. The maximum absolute atomic E-state index is 6.03. The third-order valence-corrected chi connectivity index (χ3v) is 5.02. The molecule has 1 aliphatic heterocycles. The van der Waals surface area contributed by atoms with Gasteiger partial charge in [-0.25, -0.2) is 0 Å². The first kappa shape index (κ1) is 26.8. The maximum atomic E-state index is 6.03. The third-order valence-electron chi connectivity index (χ3n) is 5.02. The first-order chi connectivity index (χ1) is 14.0. The monoisotopic (exact) mass is 534 g/mol. The first-order valence-corrected chi connectivity index (χ1v) is 10.7. The number of hydrogen-bond acceptors (Lipinski definition) is 5. The molecule has 1 saturated heterocycles. The molecule has 7 nitrogen and oxygen atoms in total. The standard InChI is InChI=1S/C22H38N4O3.HI/c1-6-23-22(25-16-19(17(2)3)26-11-13-28-14-12-26)24-15-18(4)29-21-10-8-7-9-20(21)27-5;/h7-10,17-19H,6,11-16H2,1-5H3,(H2,23,24,25);1H. The largest absolute Gasteiger partial charge is 0.493 e. The topological polar surface area (TPSA) is 67.4 Å². The van der Waals surface area contributed by atoms with Crippen LogP contribution in [-0.4, -0.2) is 76.1 Å². The molecular formula is C22H39IN4O3. The minimum atomic E-state index is -0.0321. The molecule has 1 fully saturated rings. The lowest BCUT2D eigenvalue weighted by molar-refractivity contribution is 0.00867. The van der Waals surface area contributed by atoms with E-state index in [9.17, 15) is 0 Å². The quantitative estimate of drug-likeness (QED) is 0.274. The van der Waals surface area contributed by atoms with E-state index in [1.807, 2.05) is 31.2 Å². The molecule has 1 heterocycles. The summed E-state index contributed by atoms with van der Waals surface area (Å²) < 4.78 is 16.9. The number of benzene rings is 1. The molecule has 0 saturated carbocycles. The van der Waals surface area contributed by atoms with Crippen LogP contribution in [0.5, 0.6) is 11.5 Å². The SMILES string of the molecule is CCNC(=NCC(C(C)C)N1CCOCC1)NCC(C)Oc1ccccc1OC.I. The van der Waals surface area contributed by atoms with E-state index in [0.29, 0.717) is 18.5 Å². The van der Waals surface area contributed by atoms with Gasteiger partial charge in [-0.1, -0.05) is 26.0 Å². The highest BCUT2D eigenvalue weighted by Crippen LogP contribution is 2.26. The van der Waals surface area contributed by atoms with Gasteiger partial charge in [-0.3, -0.25) is 9.89 Å². The van der Waals surface area contributed by atoms with Gasteiger partial charge in [-0.15, -0.1) is 24.0 Å². The zero-order chi connectivity index (χ0) is 21.1. The number of halogens is 1. The van der Waals surface area contributed by atoms with Crippen LogP contribution < -0.4 is 20.1 Å². The van der Waals surface area contributed by atoms with Gasteiger partial charge in [-0.2, -0.15) is 0 Å². The number of ether oxygens (including phenoxy) is 3. The molecule has 1 aromatic rings. The van der Waals surface area contributed by atoms with Crippen molar-refractivity contribution in [3.8, 4) is 11.5 Å². The van der Waals surface area contributed by atoms with E-state index >= 15 is 0 Å². The fourth-order valence-corrected chi connectivity index (χ4v) is 3.40. The lowest BCUT2D eigenvalue weighted by Crippen LogP contribution is -2.48. The second-order valence-electron chi connectivity index (χ2n) is 7.64. The maximum Gasteiger partial charge on any atom is 0.191 e. The predicted octanol–water partition coefficient (Wildman–Crippen LogP) is 2.99. The molecule has 1 aromatic carbocycles. The van der Waals surface area contributed by atoms with Gasteiger partial charge in [0.1, 0.15) is 6.10 Å². The zero-order valence-corrected chi connectivity index (χ0v) is 21.3. The highest BCUT2D eigenvalue weighted by atomic mass is 127. The van der Waals surface area contributed by atoms with E-state index in [4.69, 9.17) is 19.2 Å². The molecule has 1 aliphatic rings. The van der Waals surface area contributed by atoms with Crippen LogP contribution >= 0.6 is 24.0 Å². The van der Waals surface area contributed by atoms with E-state index < -0.39 is 0 Å². The number of morpholine rings is 1. The Morgan fingerprint density at radius 2 is 1.80 bits per heavy atom. The van der Waals surface area contributed by atoms with Crippen molar-refractivity contribution in [2.75, 3.05) is 53.0 Å². The Labute approximate surface area is 199 Å². The number of nitrogens with zero attached hydrogens (tertiary/aromatic N) is 2. The van der Waals surface area contributed by atoms with Crippen molar-refractivity contribution in [3.63, 3.8) is 0 Å². The highest BCUT2D eigenvalue weighted by Gasteiger charge is 2.23. The van der Waals surface area contributed by atoms with E-state index in [0.717, 1.165) is 56.9 Å². The minimum Gasteiger partial charge on any atom is -0.493 e. The Kier molecular flexibility index (Phi) is 13.1. The second-order valence-corrected chi connectivity index (χ2v) is 7.64. The van der Waals surface area contributed by atoms with Crippen molar-refractivity contribution in [2.24, 2.45) is 10.9 Å². The van der Waals surface area contributed by atoms with Crippen LogP contribution in [0.3, 0.4) is 0 Å². The average Bonchev–Trinajstić information content (AvgIpc) is 2.73. The molecule has 0 spiro atoms. The molecule has 2 N–H and O–H groups in total. The molecule has 0 radical (unpaired) electrons. The molecule has 0 bridgehead atoms. The van der Waals surface area contributed by atoms with Crippen LogP contribution in [0.15, 0.2) is 29.3 Å². The number of rotatable bonds is 10. The molecule has 8 heteroatoms. The summed E-state index contributed by atoms with van der Waals surface area (Å²) in [7, 11) is 1.65. The van der Waals surface area contributed by atoms with Crippen LogP contribution in [0.4, 0.5) is 0 Å². The predicted molar refractivity (Wildman–Crippen MR) is 133 cm³/mol. The third kappa shape index (κ3) is 8.85. The van der Waals surface area contributed by atoms with Crippen LogP contribution in [0.2, 0.25) is 0 Å².